The van der Waals surface area contributed by atoms with Crippen LogP contribution in [0, 0.1) is 0 Å². The highest BCUT2D eigenvalue weighted by molar-refractivity contribution is 8.25. The Morgan fingerprint density at radius 1 is 0.658 bits per heavy atom. The lowest BCUT2D eigenvalue weighted by Crippen LogP contribution is -2.31. The highest BCUT2D eigenvalue weighted by Crippen LogP contribution is 2.50. The summed E-state index contributed by atoms with van der Waals surface area (Å²) in [5, 5.41) is 7.62. The molecule has 0 spiro atoms. The van der Waals surface area contributed by atoms with Gasteiger partial charge in [0, 0.05) is 22.9 Å². The molecule has 0 aliphatic carbocycles. The molecule has 1 aliphatic rings. The fourth-order valence-corrected chi connectivity index (χ4v) is 9.65. The van der Waals surface area contributed by atoms with Gasteiger partial charge in [-0.3, -0.25) is 0 Å². The summed E-state index contributed by atoms with van der Waals surface area (Å²) in [6.45, 7) is 0. The first-order valence-corrected chi connectivity index (χ1v) is 15.8. The number of methoxy groups -OCH3 is 1. The third-order valence-electron chi connectivity index (χ3n) is 7.54. The SMILES string of the molecule is COc1ccc([C@@H]2C[C@H](c3ccccc3)c3cccc(P(=S)(c4ccccc4)c4ccccc4)c3N2)cc1. The molecule has 0 bridgehead atoms. The summed E-state index contributed by atoms with van der Waals surface area (Å²) in [5.74, 6) is 1.13. The third kappa shape index (κ3) is 4.47. The summed E-state index contributed by atoms with van der Waals surface area (Å²) >= 11 is 6.78. The molecule has 0 unspecified atom stereocenters. The zero-order chi connectivity index (χ0) is 26.0. The standard InChI is InChI=1S/C34H30NOPS/c1-36-27-22-20-26(21-23-27)32-24-31(25-12-5-2-6-13-25)30-18-11-19-33(34(30)35-32)37(38,28-14-7-3-8-15-28)29-16-9-4-10-17-29/h2-23,31-32,35H,24H2,1H3/t31-,32+/m1/s1. The van der Waals surface area contributed by atoms with Gasteiger partial charge >= 0.3 is 0 Å². The molecule has 38 heavy (non-hydrogen) atoms. The van der Waals surface area contributed by atoms with Crippen molar-refractivity contribution in [2.24, 2.45) is 0 Å². The van der Waals surface area contributed by atoms with Crippen LogP contribution in [0.1, 0.15) is 35.1 Å². The summed E-state index contributed by atoms with van der Waals surface area (Å²) in [5.41, 5.74) is 5.09. The average molecular weight is 532 g/mol. The van der Waals surface area contributed by atoms with Gasteiger partial charge in [-0.1, -0.05) is 133 Å². The molecule has 0 radical (unpaired) electrons. The second-order valence-electron chi connectivity index (χ2n) is 9.69. The van der Waals surface area contributed by atoms with Crippen molar-refractivity contribution in [3.8, 4) is 5.75 Å². The minimum atomic E-state index is -2.33. The molecule has 2 nitrogen and oxygen atoms in total. The van der Waals surface area contributed by atoms with Crippen molar-refractivity contribution in [1.29, 1.82) is 0 Å². The molecule has 5 aromatic carbocycles. The molecular weight excluding hydrogens is 501 g/mol. The molecule has 1 N–H and O–H groups in total. The molecule has 5 aromatic rings. The molecule has 1 heterocycles. The summed E-state index contributed by atoms with van der Waals surface area (Å²) in [4.78, 5) is 0. The fourth-order valence-electron chi connectivity index (χ4n) is 5.62. The van der Waals surface area contributed by atoms with Gasteiger partial charge in [-0.05, 0) is 45.9 Å². The number of benzene rings is 5. The van der Waals surface area contributed by atoms with Crippen LogP contribution in [0.4, 0.5) is 5.69 Å². The van der Waals surface area contributed by atoms with Gasteiger partial charge in [0.2, 0.25) is 0 Å². The van der Waals surface area contributed by atoms with Crippen molar-refractivity contribution < 1.29 is 4.74 Å². The van der Waals surface area contributed by atoms with E-state index in [1.165, 1.54) is 38.3 Å². The second kappa shape index (κ2) is 10.6. The normalized spacial score (nSPS) is 16.8. The molecule has 6 rings (SSSR count). The van der Waals surface area contributed by atoms with Crippen molar-refractivity contribution in [2.75, 3.05) is 12.4 Å². The summed E-state index contributed by atoms with van der Waals surface area (Å²) in [7, 11) is 1.71. The predicted octanol–water partition coefficient (Wildman–Crippen LogP) is 7.14. The summed E-state index contributed by atoms with van der Waals surface area (Å²) in [6, 6.07) is 45.2. The summed E-state index contributed by atoms with van der Waals surface area (Å²) < 4.78 is 5.44. The van der Waals surface area contributed by atoms with Crippen LogP contribution < -0.4 is 26.0 Å². The molecule has 0 amide bonds. The first-order chi connectivity index (χ1) is 18.7. The first kappa shape index (κ1) is 24.7. The zero-order valence-electron chi connectivity index (χ0n) is 21.3. The van der Waals surface area contributed by atoms with Gasteiger partial charge in [0.05, 0.1) is 13.2 Å². The van der Waals surface area contributed by atoms with Crippen LogP contribution in [0.15, 0.2) is 133 Å². The topological polar surface area (TPSA) is 21.3 Å². The lowest BCUT2D eigenvalue weighted by Gasteiger charge is -2.37. The van der Waals surface area contributed by atoms with Crippen LogP contribution in [0.3, 0.4) is 0 Å². The largest absolute Gasteiger partial charge is 0.497 e. The van der Waals surface area contributed by atoms with E-state index in [1.807, 2.05) is 12.1 Å². The van der Waals surface area contributed by atoms with E-state index in [4.69, 9.17) is 16.5 Å². The maximum absolute atomic E-state index is 6.78. The van der Waals surface area contributed by atoms with Crippen LogP contribution in [0.5, 0.6) is 5.75 Å². The van der Waals surface area contributed by atoms with E-state index < -0.39 is 6.04 Å². The molecule has 1 aliphatic heterocycles. The number of anilines is 1. The maximum Gasteiger partial charge on any atom is 0.118 e. The molecule has 0 saturated heterocycles. The van der Waals surface area contributed by atoms with Gasteiger partial charge in [-0.2, -0.15) is 0 Å². The Labute approximate surface area is 230 Å². The lowest BCUT2D eigenvalue weighted by atomic mass is 9.80. The minimum Gasteiger partial charge on any atom is -0.497 e. The van der Waals surface area contributed by atoms with Gasteiger partial charge in [-0.25, -0.2) is 0 Å². The Kier molecular flexibility index (Phi) is 6.89. The van der Waals surface area contributed by atoms with Crippen molar-refractivity contribution >= 4 is 39.4 Å². The Bertz CT molecular complexity index is 1530. The highest BCUT2D eigenvalue weighted by Gasteiger charge is 2.35. The number of nitrogens with one attached hydrogen (secondary N) is 1. The lowest BCUT2D eigenvalue weighted by molar-refractivity contribution is 0.414. The van der Waals surface area contributed by atoms with Gasteiger partial charge in [0.25, 0.3) is 0 Å². The Balaban J connectivity index is 1.57. The van der Waals surface area contributed by atoms with Crippen molar-refractivity contribution in [3.63, 3.8) is 0 Å². The number of rotatable bonds is 6. The molecule has 0 fully saturated rings. The predicted molar refractivity (Wildman–Crippen MR) is 165 cm³/mol. The molecule has 2 atom stereocenters. The van der Waals surface area contributed by atoms with E-state index in [1.54, 1.807) is 7.11 Å². The fraction of sp³-hybridized carbons (Fsp3) is 0.118. The molecule has 0 aromatic heterocycles. The van der Waals surface area contributed by atoms with Crippen molar-refractivity contribution in [2.45, 2.75) is 18.4 Å². The number of fused-ring (bicyclic) bond motifs is 1. The van der Waals surface area contributed by atoms with E-state index in [0.717, 1.165) is 12.2 Å². The molecule has 4 heteroatoms. The van der Waals surface area contributed by atoms with Crippen molar-refractivity contribution in [1.82, 2.24) is 0 Å². The minimum absolute atomic E-state index is 0.148. The average Bonchev–Trinajstić information content (AvgIpc) is 3.01. The van der Waals surface area contributed by atoms with Crippen LogP contribution in [-0.4, -0.2) is 7.11 Å². The Hall–Kier alpha value is -3.65. The maximum atomic E-state index is 6.78. The molecule has 0 saturated carbocycles. The van der Waals surface area contributed by atoms with E-state index in [9.17, 15) is 0 Å². The quantitative estimate of drug-likeness (QED) is 0.235. The first-order valence-electron chi connectivity index (χ1n) is 13.0. The Morgan fingerprint density at radius 3 is 1.82 bits per heavy atom. The van der Waals surface area contributed by atoms with Crippen molar-refractivity contribution in [3.05, 3.63) is 150 Å². The van der Waals surface area contributed by atoms with Gasteiger partial charge in [0.1, 0.15) is 5.75 Å². The van der Waals surface area contributed by atoms with Crippen LogP contribution >= 0.6 is 6.04 Å². The van der Waals surface area contributed by atoms with E-state index in [2.05, 4.69) is 127 Å². The number of ether oxygens (including phenoxy) is 1. The summed E-state index contributed by atoms with van der Waals surface area (Å²) in [6.07, 6.45) is 0.965. The smallest absolute Gasteiger partial charge is 0.118 e. The van der Waals surface area contributed by atoms with E-state index >= 15 is 0 Å². The van der Waals surface area contributed by atoms with Gasteiger partial charge in [0.15, 0.2) is 0 Å². The van der Waals surface area contributed by atoms with Crippen LogP contribution in [-0.2, 0) is 11.8 Å². The third-order valence-corrected chi connectivity index (χ3v) is 12.5. The monoisotopic (exact) mass is 531 g/mol. The second-order valence-corrected chi connectivity index (χ2v) is 14.1. The van der Waals surface area contributed by atoms with E-state index in [-0.39, 0.29) is 12.0 Å². The highest BCUT2D eigenvalue weighted by atomic mass is 32.4. The van der Waals surface area contributed by atoms with Gasteiger partial charge in [-0.15, -0.1) is 0 Å². The number of hydrogen-bond acceptors (Lipinski definition) is 3. The van der Waals surface area contributed by atoms with Gasteiger partial charge < -0.3 is 10.1 Å². The molecular formula is C34H30NOPS. The van der Waals surface area contributed by atoms with Crippen LogP contribution in [0.2, 0.25) is 0 Å². The molecule has 188 valence electrons. The number of hydrogen-bond donors (Lipinski definition) is 1. The zero-order valence-corrected chi connectivity index (χ0v) is 23.0. The Morgan fingerprint density at radius 2 is 1.24 bits per heavy atom. The van der Waals surface area contributed by atoms with Crippen LogP contribution in [0.25, 0.3) is 0 Å². The number of para-hydroxylation sites is 1. The van der Waals surface area contributed by atoms with E-state index in [0.29, 0.717) is 0 Å².